The second-order valence-electron chi connectivity index (χ2n) is 6.90. The van der Waals surface area contributed by atoms with Gasteiger partial charge in [-0.3, -0.25) is 0 Å². The molecule has 2 aromatic carbocycles. The number of halogens is 3. The van der Waals surface area contributed by atoms with Crippen LogP contribution >= 0.6 is 0 Å². The molecule has 1 heterocycles. The number of nitrogens with one attached hydrogen (secondary N) is 3. The number of urea groups is 1. The van der Waals surface area contributed by atoms with Crippen molar-refractivity contribution in [2.45, 2.75) is 19.5 Å². The number of carbonyl (C=O) groups is 1. The number of hydrogen-bond acceptors (Lipinski definition) is 4. The molecule has 6 nitrogen and oxygen atoms in total. The number of nitrogens with zero attached hydrogens (tertiary/aromatic N) is 2. The van der Waals surface area contributed by atoms with Crippen LogP contribution in [0, 0.1) is 18.3 Å². The largest absolute Gasteiger partial charge is 0.418 e. The van der Waals surface area contributed by atoms with Crippen LogP contribution in [-0.4, -0.2) is 24.1 Å². The van der Waals surface area contributed by atoms with Crippen LogP contribution in [0.5, 0.6) is 0 Å². The Morgan fingerprint density at radius 2 is 1.90 bits per heavy atom. The van der Waals surface area contributed by atoms with Crippen molar-refractivity contribution < 1.29 is 18.0 Å². The number of para-hydroxylation sites is 1. The van der Waals surface area contributed by atoms with Gasteiger partial charge in [0.05, 0.1) is 22.3 Å². The fourth-order valence-electron chi connectivity index (χ4n) is 3.00. The third-order valence-electron chi connectivity index (χ3n) is 4.51. The molecule has 3 N–H and O–H groups in total. The van der Waals surface area contributed by atoms with Gasteiger partial charge in [0, 0.05) is 18.5 Å². The molecule has 0 saturated heterocycles. The Kier molecular flexibility index (Phi) is 6.60. The quantitative estimate of drug-likeness (QED) is 0.480. The summed E-state index contributed by atoms with van der Waals surface area (Å²) in [7, 11) is 0. The van der Waals surface area contributed by atoms with Gasteiger partial charge in [0.15, 0.2) is 0 Å². The van der Waals surface area contributed by atoms with Crippen molar-refractivity contribution in [3.63, 3.8) is 0 Å². The molecule has 0 aliphatic rings. The van der Waals surface area contributed by atoms with Crippen molar-refractivity contribution in [3.05, 3.63) is 65.2 Å². The minimum absolute atomic E-state index is 0.224. The summed E-state index contributed by atoms with van der Waals surface area (Å²) in [5, 5.41) is 18.0. The molecule has 3 aromatic rings. The second kappa shape index (κ2) is 9.34. The van der Waals surface area contributed by atoms with Gasteiger partial charge in [0.2, 0.25) is 0 Å². The molecular formula is C22H20F3N5O. The second-order valence-corrected chi connectivity index (χ2v) is 6.90. The Balaban J connectivity index is 1.52. The zero-order valence-electron chi connectivity index (χ0n) is 16.7. The molecular weight excluding hydrogens is 407 g/mol. The lowest BCUT2D eigenvalue weighted by atomic mass is 10.1. The first-order valence-corrected chi connectivity index (χ1v) is 9.54. The van der Waals surface area contributed by atoms with E-state index in [4.69, 9.17) is 0 Å². The molecule has 31 heavy (non-hydrogen) atoms. The third kappa shape index (κ3) is 5.63. The number of amides is 2. The van der Waals surface area contributed by atoms with Gasteiger partial charge in [0.1, 0.15) is 11.9 Å². The molecule has 3 rings (SSSR count). The number of carbonyl (C=O) groups excluding carboxylic acids is 1. The van der Waals surface area contributed by atoms with Crippen LogP contribution in [0.15, 0.2) is 48.5 Å². The highest BCUT2D eigenvalue weighted by molar-refractivity contribution is 5.90. The van der Waals surface area contributed by atoms with Gasteiger partial charge in [0.25, 0.3) is 0 Å². The first-order chi connectivity index (χ1) is 14.8. The van der Waals surface area contributed by atoms with Crippen molar-refractivity contribution in [1.29, 1.82) is 5.26 Å². The summed E-state index contributed by atoms with van der Waals surface area (Å²) in [5.74, 6) is 0.448. The third-order valence-corrected chi connectivity index (χ3v) is 4.51. The number of anilines is 2. The van der Waals surface area contributed by atoms with E-state index in [-0.39, 0.29) is 12.2 Å². The van der Waals surface area contributed by atoms with Crippen molar-refractivity contribution in [2.75, 3.05) is 23.7 Å². The molecule has 0 radical (unpaired) electrons. The Labute approximate surface area is 177 Å². The number of fused-ring (bicyclic) bond motifs is 1. The Morgan fingerprint density at radius 1 is 1.13 bits per heavy atom. The summed E-state index contributed by atoms with van der Waals surface area (Å²) in [6.45, 7) is 2.59. The number of pyridine rings is 1. The standard InChI is InChI=1S/C22H20F3N5O/c1-14-7-8-15-12-16(13-26)20(29-19(15)11-14)27-9-4-10-28-21(31)30-18-6-3-2-5-17(18)22(23,24)25/h2-3,5-8,11-12H,4,9-10H2,1H3,(H,27,29)(H2,28,30,31). The van der Waals surface area contributed by atoms with Crippen LogP contribution in [0.4, 0.5) is 29.5 Å². The van der Waals surface area contributed by atoms with E-state index in [1.807, 2.05) is 25.1 Å². The molecule has 0 fully saturated rings. The molecule has 0 aliphatic heterocycles. The molecule has 160 valence electrons. The van der Waals surface area contributed by atoms with Crippen molar-refractivity contribution in [2.24, 2.45) is 0 Å². The molecule has 2 amide bonds. The lowest BCUT2D eigenvalue weighted by Gasteiger charge is -2.14. The highest BCUT2D eigenvalue weighted by Crippen LogP contribution is 2.34. The Hall–Kier alpha value is -3.80. The fraction of sp³-hybridized carbons (Fsp3) is 0.227. The Morgan fingerprint density at radius 3 is 2.65 bits per heavy atom. The van der Waals surface area contributed by atoms with Gasteiger partial charge < -0.3 is 16.0 Å². The average Bonchev–Trinajstić information content (AvgIpc) is 2.72. The summed E-state index contributed by atoms with van der Waals surface area (Å²) < 4.78 is 39.0. The number of rotatable bonds is 6. The SMILES string of the molecule is Cc1ccc2cc(C#N)c(NCCCNC(=O)Nc3ccccc3C(F)(F)F)nc2c1. The van der Waals surface area contributed by atoms with E-state index in [0.717, 1.165) is 22.5 Å². The molecule has 0 bridgehead atoms. The fourth-order valence-corrected chi connectivity index (χ4v) is 3.00. The van der Waals surface area contributed by atoms with Crippen LogP contribution in [0.1, 0.15) is 23.1 Å². The average molecular weight is 427 g/mol. The smallest absolute Gasteiger partial charge is 0.369 e. The monoisotopic (exact) mass is 427 g/mol. The molecule has 0 saturated carbocycles. The van der Waals surface area contributed by atoms with Gasteiger partial charge in [-0.2, -0.15) is 18.4 Å². The number of aryl methyl sites for hydroxylation is 1. The number of nitriles is 1. The first-order valence-electron chi connectivity index (χ1n) is 9.54. The van der Waals surface area contributed by atoms with E-state index in [2.05, 4.69) is 27.0 Å². The van der Waals surface area contributed by atoms with E-state index in [1.165, 1.54) is 18.2 Å². The normalized spacial score (nSPS) is 11.1. The lowest BCUT2D eigenvalue weighted by Crippen LogP contribution is -2.31. The molecule has 0 aliphatic carbocycles. The number of hydrogen-bond donors (Lipinski definition) is 3. The number of alkyl halides is 3. The van der Waals surface area contributed by atoms with E-state index in [1.54, 1.807) is 6.07 Å². The highest BCUT2D eigenvalue weighted by atomic mass is 19.4. The maximum atomic E-state index is 13.0. The number of aromatic nitrogens is 1. The van der Waals surface area contributed by atoms with Gasteiger partial charge in [-0.1, -0.05) is 24.3 Å². The van der Waals surface area contributed by atoms with Crippen LogP contribution < -0.4 is 16.0 Å². The van der Waals surface area contributed by atoms with Crippen molar-refractivity contribution in [1.82, 2.24) is 10.3 Å². The van der Waals surface area contributed by atoms with Gasteiger partial charge in [-0.25, -0.2) is 9.78 Å². The molecule has 0 spiro atoms. The summed E-state index contributed by atoms with van der Waals surface area (Å²) in [4.78, 5) is 16.4. The predicted molar refractivity (Wildman–Crippen MR) is 113 cm³/mol. The van der Waals surface area contributed by atoms with Crippen LogP contribution in [0.3, 0.4) is 0 Å². The maximum absolute atomic E-state index is 13.0. The summed E-state index contributed by atoms with van der Waals surface area (Å²) in [6, 6.07) is 13.7. The summed E-state index contributed by atoms with van der Waals surface area (Å²) >= 11 is 0. The minimum atomic E-state index is -4.56. The van der Waals surface area contributed by atoms with E-state index >= 15 is 0 Å². The van der Waals surface area contributed by atoms with Crippen LogP contribution in [0.2, 0.25) is 0 Å². The Bertz CT molecular complexity index is 1140. The molecule has 0 atom stereocenters. The number of benzene rings is 2. The van der Waals surface area contributed by atoms with Gasteiger partial charge >= 0.3 is 12.2 Å². The van der Waals surface area contributed by atoms with Crippen molar-refractivity contribution in [3.8, 4) is 6.07 Å². The highest BCUT2D eigenvalue weighted by Gasteiger charge is 2.33. The van der Waals surface area contributed by atoms with E-state index < -0.39 is 17.8 Å². The first kappa shape index (κ1) is 21.9. The summed E-state index contributed by atoms with van der Waals surface area (Å²) in [5.41, 5.74) is 1.01. The molecule has 1 aromatic heterocycles. The van der Waals surface area contributed by atoms with Crippen LogP contribution in [0.25, 0.3) is 10.9 Å². The van der Waals surface area contributed by atoms with Gasteiger partial charge in [-0.15, -0.1) is 0 Å². The van der Waals surface area contributed by atoms with E-state index in [0.29, 0.717) is 24.3 Å². The van der Waals surface area contributed by atoms with Crippen LogP contribution in [-0.2, 0) is 6.18 Å². The van der Waals surface area contributed by atoms with Gasteiger partial charge in [-0.05, 0) is 43.2 Å². The predicted octanol–water partition coefficient (Wildman–Crippen LogP) is 5.06. The zero-order valence-corrected chi connectivity index (χ0v) is 16.7. The zero-order chi connectivity index (χ0) is 22.4. The van der Waals surface area contributed by atoms with E-state index in [9.17, 15) is 23.2 Å². The van der Waals surface area contributed by atoms with Crippen molar-refractivity contribution >= 4 is 28.4 Å². The minimum Gasteiger partial charge on any atom is -0.369 e. The molecule has 0 unspecified atom stereocenters. The maximum Gasteiger partial charge on any atom is 0.418 e. The topological polar surface area (TPSA) is 89.8 Å². The molecule has 9 heteroatoms. The lowest BCUT2D eigenvalue weighted by molar-refractivity contribution is -0.136. The summed E-state index contributed by atoms with van der Waals surface area (Å²) in [6.07, 6.45) is -4.08.